The van der Waals surface area contributed by atoms with Gasteiger partial charge in [0.05, 0.1) is 11.2 Å². The number of nitrogens with zero attached hydrogens (tertiary/aromatic N) is 4. The van der Waals surface area contributed by atoms with E-state index >= 15 is 0 Å². The van der Waals surface area contributed by atoms with Crippen LogP contribution in [0.1, 0.15) is 12.1 Å². The summed E-state index contributed by atoms with van der Waals surface area (Å²) in [7, 11) is 1.86. The smallest absolute Gasteiger partial charge is 0.250 e. The van der Waals surface area contributed by atoms with E-state index in [4.69, 9.17) is 0 Å². The lowest BCUT2D eigenvalue weighted by molar-refractivity contribution is -0.117. The predicted molar refractivity (Wildman–Crippen MR) is 102 cm³/mol. The van der Waals surface area contributed by atoms with Crippen molar-refractivity contribution >= 4 is 44.4 Å². The Hall–Kier alpha value is -2.41. The van der Waals surface area contributed by atoms with E-state index in [-0.39, 0.29) is 11.9 Å². The summed E-state index contributed by atoms with van der Waals surface area (Å²) < 4.78 is 2.78. The Morgan fingerprint density at radius 1 is 1.24 bits per heavy atom. The molecule has 0 saturated carbocycles. The highest BCUT2D eigenvalue weighted by molar-refractivity contribution is 9.10. The first kappa shape index (κ1) is 16.1. The van der Waals surface area contributed by atoms with Gasteiger partial charge in [0.15, 0.2) is 0 Å². The van der Waals surface area contributed by atoms with Crippen LogP contribution in [0.4, 0.5) is 11.6 Å². The van der Waals surface area contributed by atoms with Gasteiger partial charge in [-0.15, -0.1) is 0 Å². The molecule has 1 aliphatic rings. The average molecular weight is 400 g/mol. The number of halogens is 1. The van der Waals surface area contributed by atoms with E-state index in [1.54, 1.807) is 9.58 Å². The van der Waals surface area contributed by atoms with Crippen LogP contribution in [-0.4, -0.2) is 33.3 Å². The molecule has 128 valence electrons. The number of carbonyl (C=O) groups excluding carboxylic acids is 1. The number of nitrogens with one attached hydrogen (secondary N) is 1. The molecule has 0 aliphatic carbocycles. The van der Waals surface area contributed by atoms with Crippen molar-refractivity contribution in [2.24, 2.45) is 7.05 Å². The number of anilines is 2. The van der Waals surface area contributed by atoms with Crippen LogP contribution >= 0.6 is 15.9 Å². The molecule has 1 N–H and O–H groups in total. The number of aryl methyl sites for hydroxylation is 2. The number of aromatic nitrogens is 3. The van der Waals surface area contributed by atoms with Crippen LogP contribution in [0.3, 0.4) is 0 Å². The molecular formula is C18H18BrN5O. The van der Waals surface area contributed by atoms with Crippen molar-refractivity contribution in [1.82, 2.24) is 14.8 Å². The van der Waals surface area contributed by atoms with E-state index in [1.165, 1.54) is 0 Å². The zero-order valence-corrected chi connectivity index (χ0v) is 15.6. The zero-order valence-electron chi connectivity index (χ0n) is 14.0. The molecule has 7 heteroatoms. The summed E-state index contributed by atoms with van der Waals surface area (Å²) in [5.41, 5.74) is 1.81. The highest BCUT2D eigenvalue weighted by atomic mass is 79.9. The van der Waals surface area contributed by atoms with Crippen molar-refractivity contribution in [2.45, 2.75) is 19.4 Å². The van der Waals surface area contributed by atoms with Crippen molar-refractivity contribution in [1.29, 1.82) is 0 Å². The number of rotatable bonds is 3. The summed E-state index contributed by atoms with van der Waals surface area (Å²) in [6.07, 6.45) is 0.739. The topological polar surface area (TPSA) is 63.1 Å². The summed E-state index contributed by atoms with van der Waals surface area (Å²) in [6, 6.07) is 11.6. The highest BCUT2D eigenvalue weighted by Crippen LogP contribution is 2.25. The Bertz CT molecular complexity index is 967. The molecule has 6 nitrogen and oxygen atoms in total. The fraction of sp³-hybridized carbons (Fsp3) is 0.278. The van der Waals surface area contributed by atoms with Gasteiger partial charge in [-0.05, 0) is 43.7 Å². The maximum Gasteiger partial charge on any atom is 0.250 e. The molecule has 1 fully saturated rings. The summed E-state index contributed by atoms with van der Waals surface area (Å²) >= 11 is 3.47. The Labute approximate surface area is 154 Å². The molecule has 0 radical (unpaired) electrons. The number of carbonyl (C=O) groups is 1. The summed E-state index contributed by atoms with van der Waals surface area (Å²) in [6.45, 7) is 2.60. The second kappa shape index (κ2) is 6.15. The quantitative estimate of drug-likeness (QED) is 0.733. The van der Waals surface area contributed by atoms with Crippen molar-refractivity contribution in [3.63, 3.8) is 0 Å². The van der Waals surface area contributed by atoms with E-state index < -0.39 is 0 Å². The molecule has 0 spiro atoms. The Balaban J connectivity index is 1.54. The van der Waals surface area contributed by atoms with Gasteiger partial charge in [-0.1, -0.05) is 15.9 Å². The van der Waals surface area contributed by atoms with Crippen molar-refractivity contribution in [2.75, 3.05) is 16.8 Å². The van der Waals surface area contributed by atoms with Gasteiger partial charge in [0.25, 0.3) is 5.91 Å². The van der Waals surface area contributed by atoms with Crippen LogP contribution in [-0.2, 0) is 11.8 Å². The maximum atomic E-state index is 12.8. The van der Waals surface area contributed by atoms with E-state index in [1.807, 2.05) is 50.4 Å². The first-order valence-electron chi connectivity index (χ1n) is 8.16. The molecule has 1 aliphatic heterocycles. The van der Waals surface area contributed by atoms with Crippen LogP contribution in [0.2, 0.25) is 0 Å². The predicted octanol–water partition coefficient (Wildman–Crippen LogP) is 3.26. The standard InChI is InChI=1S/C18H18BrN5O/c1-11-9-17(23(2)22-11)24-8-7-15(18(24)25)21-16-6-3-12-10-13(19)4-5-14(12)20-16/h3-6,9-10,15H,7-8H2,1-2H3,(H,20,21). The lowest BCUT2D eigenvalue weighted by atomic mass is 10.2. The molecule has 1 amide bonds. The first-order chi connectivity index (χ1) is 12.0. The molecule has 1 unspecified atom stereocenters. The molecular weight excluding hydrogens is 382 g/mol. The monoisotopic (exact) mass is 399 g/mol. The molecule has 1 atom stereocenters. The second-order valence-electron chi connectivity index (χ2n) is 6.28. The number of pyridine rings is 1. The molecule has 1 saturated heterocycles. The molecule has 25 heavy (non-hydrogen) atoms. The Morgan fingerprint density at radius 3 is 2.84 bits per heavy atom. The highest BCUT2D eigenvalue weighted by Gasteiger charge is 2.34. The molecule has 3 heterocycles. The molecule has 2 aromatic heterocycles. The lowest BCUT2D eigenvalue weighted by Gasteiger charge is -2.17. The van der Waals surface area contributed by atoms with Crippen LogP contribution in [0.25, 0.3) is 10.9 Å². The SMILES string of the molecule is Cc1cc(N2CCC(Nc3ccc4cc(Br)ccc4n3)C2=O)n(C)n1. The third-order valence-electron chi connectivity index (χ3n) is 4.43. The van der Waals surface area contributed by atoms with Crippen LogP contribution in [0, 0.1) is 6.92 Å². The van der Waals surface area contributed by atoms with Gasteiger partial charge in [-0.2, -0.15) is 5.10 Å². The fourth-order valence-corrected chi connectivity index (χ4v) is 3.63. The van der Waals surface area contributed by atoms with Crippen molar-refractivity contribution in [3.05, 3.63) is 46.6 Å². The Morgan fingerprint density at radius 2 is 2.08 bits per heavy atom. The largest absolute Gasteiger partial charge is 0.358 e. The summed E-state index contributed by atoms with van der Waals surface area (Å²) in [5.74, 6) is 1.61. The minimum Gasteiger partial charge on any atom is -0.358 e. The van der Waals surface area contributed by atoms with Gasteiger partial charge >= 0.3 is 0 Å². The average Bonchev–Trinajstić information content (AvgIpc) is 3.09. The lowest BCUT2D eigenvalue weighted by Crippen LogP contribution is -2.34. The zero-order chi connectivity index (χ0) is 17.6. The molecule has 0 bridgehead atoms. The number of hydrogen-bond donors (Lipinski definition) is 1. The van der Waals surface area contributed by atoms with Gasteiger partial charge in [0.2, 0.25) is 0 Å². The van der Waals surface area contributed by atoms with Gasteiger partial charge in [0, 0.05) is 29.5 Å². The van der Waals surface area contributed by atoms with Crippen LogP contribution in [0.15, 0.2) is 40.9 Å². The Kier molecular flexibility index (Phi) is 3.95. The van der Waals surface area contributed by atoms with Gasteiger partial charge in [0.1, 0.15) is 17.7 Å². The molecule has 1 aromatic carbocycles. The molecule has 4 rings (SSSR count). The summed E-state index contributed by atoms with van der Waals surface area (Å²) in [4.78, 5) is 19.2. The van der Waals surface area contributed by atoms with E-state index in [0.29, 0.717) is 6.54 Å². The fourth-order valence-electron chi connectivity index (χ4n) is 3.25. The van der Waals surface area contributed by atoms with Gasteiger partial charge in [-0.3, -0.25) is 14.4 Å². The maximum absolute atomic E-state index is 12.8. The van der Waals surface area contributed by atoms with Crippen molar-refractivity contribution in [3.8, 4) is 0 Å². The van der Waals surface area contributed by atoms with Crippen molar-refractivity contribution < 1.29 is 4.79 Å². The van der Waals surface area contributed by atoms with Crippen LogP contribution < -0.4 is 10.2 Å². The molecule has 3 aromatic rings. The minimum atomic E-state index is -0.268. The summed E-state index contributed by atoms with van der Waals surface area (Å²) in [5, 5.41) is 8.67. The third kappa shape index (κ3) is 3.00. The van der Waals surface area contributed by atoms with E-state index in [9.17, 15) is 4.79 Å². The number of hydrogen-bond acceptors (Lipinski definition) is 4. The normalized spacial score (nSPS) is 17.5. The van der Waals surface area contributed by atoms with Crippen LogP contribution in [0.5, 0.6) is 0 Å². The van der Waals surface area contributed by atoms with E-state index in [0.717, 1.165) is 39.1 Å². The number of fused-ring (bicyclic) bond motifs is 1. The third-order valence-corrected chi connectivity index (χ3v) is 4.93. The van der Waals surface area contributed by atoms with Gasteiger partial charge in [-0.25, -0.2) is 4.98 Å². The second-order valence-corrected chi connectivity index (χ2v) is 7.19. The van der Waals surface area contributed by atoms with Gasteiger partial charge < -0.3 is 5.32 Å². The number of amides is 1. The number of benzene rings is 1. The first-order valence-corrected chi connectivity index (χ1v) is 8.95. The van der Waals surface area contributed by atoms with E-state index in [2.05, 4.69) is 31.3 Å². The minimum absolute atomic E-state index is 0.0562.